The van der Waals surface area contributed by atoms with E-state index in [2.05, 4.69) is 4.74 Å². The summed E-state index contributed by atoms with van der Waals surface area (Å²) in [6.45, 7) is 0. The molecule has 15 heavy (non-hydrogen) atoms. The summed E-state index contributed by atoms with van der Waals surface area (Å²) in [5, 5.41) is 11.1. The highest BCUT2D eigenvalue weighted by Crippen LogP contribution is 2.37. The molecule has 0 aliphatic rings. The minimum absolute atomic E-state index is 0.0158. The van der Waals surface area contributed by atoms with Crippen LogP contribution < -0.4 is 0 Å². The van der Waals surface area contributed by atoms with Crippen molar-refractivity contribution in [2.75, 3.05) is 7.11 Å². The highest BCUT2D eigenvalue weighted by Gasteiger charge is 2.29. The fourth-order valence-corrected chi connectivity index (χ4v) is 1.60. The van der Waals surface area contributed by atoms with Crippen molar-refractivity contribution in [2.45, 2.75) is 16.7 Å². The number of alkyl halides is 3. The Kier molecular flexibility index (Phi) is 4.01. The molecule has 0 aliphatic heterocycles. The molecule has 83 valence electrons. The Balaban J connectivity index is 2.83. The summed E-state index contributed by atoms with van der Waals surface area (Å²) in [6, 6.07) is 5.30. The summed E-state index contributed by atoms with van der Waals surface area (Å²) in [5.41, 5.74) is -4.16. The first-order valence-electron chi connectivity index (χ1n) is 3.96. The maximum atomic E-state index is 12.0. The van der Waals surface area contributed by atoms with E-state index in [-0.39, 0.29) is 22.2 Å². The van der Waals surface area contributed by atoms with Gasteiger partial charge in [0.15, 0.2) is 0 Å². The van der Waals surface area contributed by atoms with Gasteiger partial charge in [-0.15, -0.1) is 0 Å². The molecule has 0 saturated carbocycles. The molecule has 0 amide bonds. The minimum atomic E-state index is -4.34. The highest BCUT2D eigenvalue weighted by atomic mass is 32.2. The van der Waals surface area contributed by atoms with Crippen LogP contribution in [-0.4, -0.2) is 12.6 Å². The number of hydrogen-bond donors (Lipinski definition) is 0. The van der Waals surface area contributed by atoms with E-state index in [4.69, 9.17) is 0 Å². The normalized spacial score (nSPS) is 13.9. The Bertz CT molecular complexity index is 327. The SMILES string of the molecule is COC([O])c1cccc(SC(F)(F)F)c1. The van der Waals surface area contributed by atoms with Crippen molar-refractivity contribution in [2.24, 2.45) is 0 Å². The van der Waals surface area contributed by atoms with Crippen molar-refractivity contribution in [3.05, 3.63) is 29.8 Å². The van der Waals surface area contributed by atoms with Crippen LogP contribution in [0.3, 0.4) is 0 Å². The van der Waals surface area contributed by atoms with Crippen molar-refractivity contribution < 1.29 is 23.0 Å². The number of ether oxygens (including phenoxy) is 1. The van der Waals surface area contributed by atoms with E-state index in [1.165, 1.54) is 31.4 Å². The third-order valence-corrected chi connectivity index (χ3v) is 2.30. The number of thioether (sulfide) groups is 1. The van der Waals surface area contributed by atoms with Crippen LogP contribution in [-0.2, 0) is 9.84 Å². The fraction of sp³-hybridized carbons (Fsp3) is 0.333. The first kappa shape index (κ1) is 12.4. The van der Waals surface area contributed by atoms with Crippen molar-refractivity contribution in [3.63, 3.8) is 0 Å². The van der Waals surface area contributed by atoms with Gasteiger partial charge in [-0.3, -0.25) is 0 Å². The van der Waals surface area contributed by atoms with Crippen LogP contribution in [0.5, 0.6) is 0 Å². The van der Waals surface area contributed by atoms with Gasteiger partial charge < -0.3 is 4.74 Å². The van der Waals surface area contributed by atoms with Gasteiger partial charge in [-0.05, 0) is 23.9 Å². The molecule has 1 radical (unpaired) electrons. The van der Waals surface area contributed by atoms with Crippen LogP contribution >= 0.6 is 11.8 Å². The van der Waals surface area contributed by atoms with Gasteiger partial charge in [0.25, 0.3) is 0 Å². The summed E-state index contributed by atoms with van der Waals surface area (Å²) in [4.78, 5) is -0.0158. The lowest BCUT2D eigenvalue weighted by molar-refractivity contribution is -0.123. The summed E-state index contributed by atoms with van der Waals surface area (Å²) in [5.74, 6) is 0. The summed E-state index contributed by atoms with van der Waals surface area (Å²) in [6.07, 6.45) is -1.45. The van der Waals surface area contributed by atoms with Crippen LogP contribution in [0.2, 0.25) is 0 Å². The van der Waals surface area contributed by atoms with Crippen LogP contribution in [0.1, 0.15) is 11.9 Å². The second-order valence-electron chi connectivity index (χ2n) is 2.69. The van der Waals surface area contributed by atoms with E-state index in [1.54, 1.807) is 0 Å². The van der Waals surface area contributed by atoms with Gasteiger partial charge in [0.1, 0.15) is 0 Å². The predicted octanol–water partition coefficient (Wildman–Crippen LogP) is 3.37. The number of rotatable bonds is 3. The molecule has 0 fully saturated rings. The molecule has 0 N–H and O–H groups in total. The van der Waals surface area contributed by atoms with Gasteiger partial charge in [0, 0.05) is 17.6 Å². The highest BCUT2D eigenvalue weighted by molar-refractivity contribution is 8.00. The van der Waals surface area contributed by atoms with E-state index in [0.29, 0.717) is 0 Å². The second-order valence-corrected chi connectivity index (χ2v) is 3.83. The number of halogens is 3. The average molecular weight is 237 g/mol. The summed E-state index contributed by atoms with van der Waals surface area (Å²) < 4.78 is 40.5. The third-order valence-electron chi connectivity index (χ3n) is 1.58. The van der Waals surface area contributed by atoms with Gasteiger partial charge >= 0.3 is 5.51 Å². The Morgan fingerprint density at radius 1 is 1.40 bits per heavy atom. The van der Waals surface area contributed by atoms with Crippen molar-refractivity contribution in [1.29, 1.82) is 0 Å². The zero-order valence-electron chi connectivity index (χ0n) is 7.75. The van der Waals surface area contributed by atoms with Gasteiger partial charge in [0.05, 0.1) is 0 Å². The van der Waals surface area contributed by atoms with E-state index in [9.17, 15) is 18.3 Å². The van der Waals surface area contributed by atoms with Crippen LogP contribution in [0.4, 0.5) is 13.2 Å². The third kappa shape index (κ3) is 4.11. The van der Waals surface area contributed by atoms with E-state index in [1.807, 2.05) is 0 Å². The van der Waals surface area contributed by atoms with Crippen molar-refractivity contribution in [1.82, 2.24) is 0 Å². The van der Waals surface area contributed by atoms with Crippen molar-refractivity contribution in [3.8, 4) is 0 Å². The van der Waals surface area contributed by atoms with Gasteiger partial charge in [0.2, 0.25) is 6.29 Å². The molecule has 0 spiro atoms. The first-order chi connectivity index (χ1) is 6.92. The number of methoxy groups -OCH3 is 1. The van der Waals surface area contributed by atoms with Crippen LogP contribution in [0.15, 0.2) is 29.2 Å². The molecule has 0 saturated heterocycles. The molecular weight excluding hydrogens is 229 g/mol. The lowest BCUT2D eigenvalue weighted by Crippen LogP contribution is -2.01. The lowest BCUT2D eigenvalue weighted by atomic mass is 10.2. The maximum Gasteiger partial charge on any atom is 0.446 e. The zero-order chi connectivity index (χ0) is 11.5. The molecule has 1 atom stereocenters. The smallest absolute Gasteiger partial charge is 0.349 e. The molecule has 0 bridgehead atoms. The monoisotopic (exact) mass is 237 g/mol. The molecule has 1 aromatic carbocycles. The van der Waals surface area contributed by atoms with Crippen LogP contribution in [0.25, 0.3) is 0 Å². The van der Waals surface area contributed by atoms with Gasteiger partial charge in [-0.25, -0.2) is 0 Å². The quantitative estimate of drug-likeness (QED) is 0.595. The van der Waals surface area contributed by atoms with E-state index < -0.39 is 11.8 Å². The molecular formula is C9H8F3O2S. The molecule has 2 nitrogen and oxygen atoms in total. The minimum Gasteiger partial charge on any atom is -0.349 e. The Morgan fingerprint density at radius 3 is 2.60 bits per heavy atom. The van der Waals surface area contributed by atoms with E-state index >= 15 is 0 Å². The Labute approximate surface area is 89.1 Å². The van der Waals surface area contributed by atoms with Gasteiger partial charge in [-0.1, -0.05) is 12.1 Å². The molecule has 1 unspecified atom stereocenters. The summed E-state index contributed by atoms with van der Waals surface area (Å²) >= 11 is -0.252. The molecule has 1 rings (SSSR count). The first-order valence-corrected chi connectivity index (χ1v) is 4.78. The Morgan fingerprint density at radius 2 is 2.07 bits per heavy atom. The van der Waals surface area contributed by atoms with E-state index in [0.717, 1.165) is 0 Å². The molecule has 0 heterocycles. The Hall–Kier alpha value is -0.720. The maximum absolute atomic E-state index is 12.0. The average Bonchev–Trinajstić information content (AvgIpc) is 2.14. The zero-order valence-corrected chi connectivity index (χ0v) is 8.56. The summed E-state index contributed by atoms with van der Waals surface area (Å²) in [7, 11) is 1.21. The predicted molar refractivity (Wildman–Crippen MR) is 48.8 cm³/mol. The van der Waals surface area contributed by atoms with Gasteiger partial charge in [-0.2, -0.15) is 18.3 Å². The standard InChI is InChI=1S/C9H8F3O2S/c1-14-8(13)6-3-2-4-7(5-6)15-9(10,11)12/h2-5,8H,1H3. The van der Waals surface area contributed by atoms with Crippen LogP contribution in [0, 0.1) is 0 Å². The number of benzene rings is 1. The largest absolute Gasteiger partial charge is 0.446 e. The fourth-order valence-electron chi connectivity index (χ4n) is 0.994. The second kappa shape index (κ2) is 4.87. The molecule has 0 aliphatic carbocycles. The topological polar surface area (TPSA) is 29.1 Å². The molecule has 1 aromatic rings. The number of hydrogen-bond acceptors (Lipinski definition) is 2. The lowest BCUT2D eigenvalue weighted by Gasteiger charge is -2.09. The molecule has 6 heteroatoms. The van der Waals surface area contributed by atoms with Crippen molar-refractivity contribution >= 4 is 11.8 Å². The molecule has 0 aromatic heterocycles.